The molecule has 3 heterocycles. The van der Waals surface area contributed by atoms with Gasteiger partial charge in [0, 0.05) is 0 Å². The molecule has 0 saturated carbocycles. The van der Waals surface area contributed by atoms with Gasteiger partial charge in [0.2, 0.25) is 5.95 Å². The number of hydrogen-bond acceptors (Lipinski definition) is 8. The highest BCUT2D eigenvalue weighted by molar-refractivity contribution is 6.33. The van der Waals surface area contributed by atoms with Gasteiger partial charge in [-0.2, -0.15) is 9.97 Å². The first-order valence-corrected chi connectivity index (χ1v) is 6.18. The van der Waals surface area contributed by atoms with E-state index in [0.717, 1.165) is 0 Å². The van der Waals surface area contributed by atoms with Gasteiger partial charge in [0.05, 0.1) is 12.9 Å². The second-order valence-electron chi connectivity index (χ2n) is 4.43. The van der Waals surface area contributed by atoms with Gasteiger partial charge in [-0.25, -0.2) is 4.98 Å². The van der Waals surface area contributed by atoms with Crippen LogP contribution in [0, 0.1) is 0 Å². The molecule has 1 saturated heterocycles. The molecule has 0 aliphatic carbocycles. The molecule has 1 aliphatic rings. The lowest BCUT2D eigenvalue weighted by Crippen LogP contribution is -2.33. The third-order valence-corrected chi connectivity index (χ3v) is 3.45. The smallest absolute Gasteiger partial charge is 0.223 e. The highest BCUT2D eigenvalue weighted by Gasteiger charge is 2.44. The van der Waals surface area contributed by atoms with Crippen molar-refractivity contribution in [1.82, 2.24) is 19.5 Å². The first-order valence-electron chi connectivity index (χ1n) is 5.81. The van der Waals surface area contributed by atoms with Crippen LogP contribution in [0.25, 0.3) is 11.2 Å². The molecule has 4 atom stereocenters. The summed E-state index contributed by atoms with van der Waals surface area (Å²) < 4.78 is 6.79. The van der Waals surface area contributed by atoms with Crippen molar-refractivity contribution in [3.63, 3.8) is 0 Å². The van der Waals surface area contributed by atoms with Crippen LogP contribution < -0.4 is 5.73 Å². The fourth-order valence-electron chi connectivity index (χ4n) is 2.19. The minimum Gasteiger partial charge on any atom is -0.394 e. The number of anilines is 1. The van der Waals surface area contributed by atoms with Crippen molar-refractivity contribution >= 4 is 28.7 Å². The Morgan fingerprint density at radius 1 is 1.35 bits per heavy atom. The van der Waals surface area contributed by atoms with Crippen molar-refractivity contribution in [3.05, 3.63) is 11.5 Å². The van der Waals surface area contributed by atoms with Crippen LogP contribution in [0.2, 0.25) is 5.15 Å². The minimum atomic E-state index is -1.24. The summed E-state index contributed by atoms with van der Waals surface area (Å²) in [6.45, 7) is -0.417. The van der Waals surface area contributed by atoms with Crippen molar-refractivity contribution in [2.24, 2.45) is 0 Å². The number of aromatic nitrogens is 4. The molecule has 10 heteroatoms. The molecule has 0 spiro atoms. The topological polar surface area (TPSA) is 140 Å². The van der Waals surface area contributed by atoms with Crippen LogP contribution in [0.4, 0.5) is 5.95 Å². The van der Waals surface area contributed by atoms with Crippen LogP contribution in [0.3, 0.4) is 0 Å². The maximum Gasteiger partial charge on any atom is 0.223 e. The highest BCUT2D eigenvalue weighted by atomic mass is 35.5. The molecule has 0 aromatic carbocycles. The Kier molecular flexibility index (Phi) is 3.22. The van der Waals surface area contributed by atoms with Gasteiger partial charge in [-0.3, -0.25) is 4.57 Å². The zero-order valence-corrected chi connectivity index (χ0v) is 10.8. The second-order valence-corrected chi connectivity index (χ2v) is 4.78. The summed E-state index contributed by atoms with van der Waals surface area (Å²) in [5, 5.41) is 28.9. The molecule has 9 nitrogen and oxygen atoms in total. The lowest BCUT2D eigenvalue weighted by atomic mass is 10.1. The summed E-state index contributed by atoms with van der Waals surface area (Å²) in [6, 6.07) is 0. The van der Waals surface area contributed by atoms with Crippen molar-refractivity contribution in [3.8, 4) is 0 Å². The van der Waals surface area contributed by atoms with E-state index in [9.17, 15) is 10.2 Å². The van der Waals surface area contributed by atoms with E-state index in [1.54, 1.807) is 0 Å². The molecule has 0 radical (unpaired) electrons. The van der Waals surface area contributed by atoms with E-state index in [0.29, 0.717) is 5.52 Å². The molecule has 0 amide bonds. The van der Waals surface area contributed by atoms with Gasteiger partial charge in [-0.15, -0.1) is 0 Å². The monoisotopic (exact) mass is 301 g/mol. The fraction of sp³-hybridized carbons (Fsp3) is 0.500. The molecule has 1 aliphatic heterocycles. The van der Waals surface area contributed by atoms with Gasteiger partial charge in [-0.05, 0) is 0 Å². The minimum absolute atomic E-state index is 0.0454. The summed E-state index contributed by atoms with van der Waals surface area (Å²) in [6.07, 6.45) is -2.93. The molecular weight excluding hydrogens is 290 g/mol. The first-order chi connectivity index (χ1) is 9.52. The van der Waals surface area contributed by atoms with Crippen LogP contribution in [-0.2, 0) is 4.74 Å². The maximum absolute atomic E-state index is 9.99. The molecule has 2 aromatic heterocycles. The van der Waals surface area contributed by atoms with Crippen LogP contribution in [-0.4, -0.2) is 59.8 Å². The number of ether oxygens (including phenoxy) is 1. The Labute approximate surface area is 117 Å². The average molecular weight is 302 g/mol. The SMILES string of the molecule is Nc1nc(Cl)c2ncn([C@@H]3O[C@H](CO)[C@@H](O)C3O)c2n1. The van der Waals surface area contributed by atoms with Crippen molar-refractivity contribution in [1.29, 1.82) is 0 Å². The Morgan fingerprint density at radius 2 is 2.10 bits per heavy atom. The summed E-state index contributed by atoms with van der Waals surface area (Å²) in [5.74, 6) is -0.0454. The van der Waals surface area contributed by atoms with E-state index in [-0.39, 0.29) is 16.7 Å². The fourth-order valence-corrected chi connectivity index (χ4v) is 2.41. The maximum atomic E-state index is 9.99. The Hall–Kier alpha value is -1.52. The number of nitrogens with two attached hydrogens (primary N) is 1. The highest BCUT2D eigenvalue weighted by Crippen LogP contribution is 2.32. The van der Waals surface area contributed by atoms with Gasteiger partial charge >= 0.3 is 0 Å². The first kappa shape index (κ1) is 13.5. The van der Waals surface area contributed by atoms with E-state index >= 15 is 0 Å². The van der Waals surface area contributed by atoms with Gasteiger partial charge in [-0.1, -0.05) is 11.6 Å². The number of rotatable bonds is 2. The van der Waals surface area contributed by atoms with Gasteiger partial charge in [0.25, 0.3) is 0 Å². The van der Waals surface area contributed by atoms with Gasteiger partial charge in [0.1, 0.15) is 23.8 Å². The van der Waals surface area contributed by atoms with Crippen molar-refractivity contribution in [2.45, 2.75) is 24.5 Å². The number of hydrogen-bond donors (Lipinski definition) is 4. The molecule has 1 unspecified atom stereocenters. The molecule has 5 N–H and O–H groups in total. The molecule has 108 valence electrons. The molecule has 20 heavy (non-hydrogen) atoms. The number of aliphatic hydroxyl groups is 3. The summed E-state index contributed by atoms with van der Waals surface area (Å²) >= 11 is 5.90. The lowest BCUT2D eigenvalue weighted by molar-refractivity contribution is -0.0511. The number of nitrogen functional groups attached to an aromatic ring is 1. The third kappa shape index (κ3) is 1.91. The quantitative estimate of drug-likeness (QED) is 0.500. The standard InChI is InChI=1S/C10H12ClN5O4/c11-7-4-8(15-10(12)14-7)16(2-13-4)9-6(19)5(18)3(1-17)20-9/h2-3,5-6,9,17-19H,1H2,(H2,12,14,15)/t3-,5-,6?,9-/m1/s1. The number of halogens is 1. The Balaban J connectivity index is 2.07. The Morgan fingerprint density at radius 3 is 2.75 bits per heavy atom. The van der Waals surface area contributed by atoms with E-state index in [1.807, 2.05) is 0 Å². The second kappa shape index (κ2) is 4.79. The molecule has 0 bridgehead atoms. The van der Waals surface area contributed by atoms with E-state index < -0.39 is 31.1 Å². The van der Waals surface area contributed by atoms with Gasteiger partial charge < -0.3 is 25.8 Å². The predicted molar refractivity (Wildman–Crippen MR) is 67.8 cm³/mol. The summed E-state index contributed by atoms with van der Waals surface area (Å²) in [4.78, 5) is 11.8. The Bertz CT molecular complexity index is 650. The largest absolute Gasteiger partial charge is 0.394 e. The number of aliphatic hydroxyl groups excluding tert-OH is 3. The van der Waals surface area contributed by atoms with Crippen LogP contribution in [0.5, 0.6) is 0 Å². The molecule has 1 fully saturated rings. The number of imidazole rings is 1. The van der Waals surface area contributed by atoms with E-state index in [1.165, 1.54) is 10.9 Å². The summed E-state index contributed by atoms with van der Waals surface area (Å²) in [5.41, 5.74) is 6.11. The summed E-state index contributed by atoms with van der Waals surface area (Å²) in [7, 11) is 0. The number of fused-ring (bicyclic) bond motifs is 1. The molecular formula is C10H12ClN5O4. The zero-order valence-electron chi connectivity index (χ0n) is 10.1. The molecule has 3 rings (SSSR count). The average Bonchev–Trinajstić information content (AvgIpc) is 2.93. The molecule has 2 aromatic rings. The normalized spacial score (nSPS) is 30.2. The van der Waals surface area contributed by atoms with Crippen molar-refractivity contribution < 1.29 is 20.1 Å². The van der Waals surface area contributed by atoms with E-state index in [4.69, 9.17) is 27.2 Å². The van der Waals surface area contributed by atoms with Crippen LogP contribution in [0.1, 0.15) is 6.23 Å². The predicted octanol–water partition coefficient (Wildman–Crippen LogP) is -1.33. The van der Waals surface area contributed by atoms with E-state index in [2.05, 4.69) is 15.0 Å². The third-order valence-electron chi connectivity index (χ3n) is 3.19. The number of nitrogens with zero attached hydrogens (tertiary/aromatic N) is 4. The lowest BCUT2D eigenvalue weighted by Gasteiger charge is -2.16. The van der Waals surface area contributed by atoms with Crippen LogP contribution in [0.15, 0.2) is 6.33 Å². The van der Waals surface area contributed by atoms with Gasteiger partial charge in [0.15, 0.2) is 17.0 Å². The zero-order chi connectivity index (χ0) is 14.4. The van der Waals surface area contributed by atoms with Crippen LogP contribution >= 0.6 is 11.6 Å². The van der Waals surface area contributed by atoms with Crippen molar-refractivity contribution in [2.75, 3.05) is 12.3 Å².